The molecule has 2 aromatic heterocycles. The number of nitrogens with one attached hydrogen (secondary N) is 1. The fourth-order valence-electron chi connectivity index (χ4n) is 3.82. The SMILES string of the molecule is C[C@H]1CCc2c(sc3ncn(CC(=O)N[C@@H](C)c4ccccc4Cl)c(=O)c23)C1. The Morgan fingerprint density at radius 2 is 2.21 bits per heavy atom. The van der Waals surface area contributed by atoms with E-state index in [0.717, 1.165) is 35.2 Å². The molecule has 1 aliphatic rings. The van der Waals surface area contributed by atoms with E-state index in [1.807, 2.05) is 25.1 Å². The maximum Gasteiger partial charge on any atom is 0.262 e. The van der Waals surface area contributed by atoms with Gasteiger partial charge in [-0.05, 0) is 49.3 Å². The monoisotopic (exact) mass is 415 g/mol. The first-order valence-corrected chi connectivity index (χ1v) is 10.7. The lowest BCUT2D eigenvalue weighted by atomic mass is 9.89. The molecule has 1 N–H and O–H groups in total. The van der Waals surface area contributed by atoms with Crippen molar-refractivity contribution >= 4 is 39.1 Å². The van der Waals surface area contributed by atoms with Crippen molar-refractivity contribution in [2.24, 2.45) is 5.92 Å². The van der Waals surface area contributed by atoms with Gasteiger partial charge in [0, 0.05) is 9.90 Å². The van der Waals surface area contributed by atoms with Crippen LogP contribution in [0, 0.1) is 5.92 Å². The van der Waals surface area contributed by atoms with Gasteiger partial charge in [0.25, 0.3) is 5.56 Å². The molecule has 0 spiro atoms. The molecule has 5 nitrogen and oxygen atoms in total. The molecule has 0 aliphatic heterocycles. The minimum absolute atomic E-state index is 0.0579. The Morgan fingerprint density at radius 3 is 3.00 bits per heavy atom. The number of aryl methyl sites for hydroxylation is 1. The van der Waals surface area contributed by atoms with Crippen LogP contribution in [0.25, 0.3) is 10.2 Å². The minimum Gasteiger partial charge on any atom is -0.348 e. The minimum atomic E-state index is -0.246. The molecule has 1 aromatic carbocycles. The summed E-state index contributed by atoms with van der Waals surface area (Å²) in [5.41, 5.74) is 1.85. The van der Waals surface area contributed by atoms with E-state index in [2.05, 4.69) is 17.2 Å². The van der Waals surface area contributed by atoms with Crippen LogP contribution in [0.1, 0.15) is 42.3 Å². The molecule has 0 fully saturated rings. The molecule has 0 saturated carbocycles. The Bertz CT molecular complexity index is 1100. The van der Waals surface area contributed by atoms with Crippen LogP contribution in [0.5, 0.6) is 0 Å². The largest absolute Gasteiger partial charge is 0.348 e. The Balaban J connectivity index is 1.56. The molecule has 7 heteroatoms. The van der Waals surface area contributed by atoms with Gasteiger partial charge in [0.2, 0.25) is 5.91 Å². The summed E-state index contributed by atoms with van der Waals surface area (Å²) < 4.78 is 1.40. The van der Waals surface area contributed by atoms with Crippen LogP contribution >= 0.6 is 22.9 Å². The van der Waals surface area contributed by atoms with Crippen molar-refractivity contribution in [2.45, 2.75) is 45.7 Å². The number of rotatable bonds is 4. The number of aromatic nitrogens is 2. The highest BCUT2D eigenvalue weighted by Crippen LogP contribution is 2.35. The Labute approximate surface area is 172 Å². The van der Waals surface area contributed by atoms with Gasteiger partial charge in [-0.3, -0.25) is 14.2 Å². The van der Waals surface area contributed by atoms with Gasteiger partial charge in [0.1, 0.15) is 11.4 Å². The topological polar surface area (TPSA) is 64.0 Å². The van der Waals surface area contributed by atoms with Gasteiger partial charge >= 0.3 is 0 Å². The van der Waals surface area contributed by atoms with Crippen molar-refractivity contribution in [1.82, 2.24) is 14.9 Å². The highest BCUT2D eigenvalue weighted by Gasteiger charge is 2.23. The Hall–Kier alpha value is -2.18. The van der Waals surface area contributed by atoms with Gasteiger partial charge < -0.3 is 5.32 Å². The number of thiophene rings is 1. The van der Waals surface area contributed by atoms with E-state index in [0.29, 0.717) is 16.3 Å². The summed E-state index contributed by atoms with van der Waals surface area (Å²) in [6.45, 7) is 4.06. The van der Waals surface area contributed by atoms with Crippen LogP contribution in [0.15, 0.2) is 35.4 Å². The predicted octanol–water partition coefficient (Wildman–Crippen LogP) is 4.11. The zero-order chi connectivity index (χ0) is 19.8. The number of fused-ring (bicyclic) bond motifs is 3. The number of nitrogens with zero attached hydrogens (tertiary/aromatic N) is 2. The fraction of sp³-hybridized carbons (Fsp3) is 0.381. The van der Waals surface area contributed by atoms with E-state index in [4.69, 9.17) is 11.6 Å². The molecule has 0 radical (unpaired) electrons. The molecule has 1 aliphatic carbocycles. The van der Waals surface area contributed by atoms with E-state index in [1.165, 1.54) is 15.8 Å². The summed E-state index contributed by atoms with van der Waals surface area (Å²) in [5.74, 6) is 0.397. The third kappa shape index (κ3) is 3.59. The van der Waals surface area contributed by atoms with E-state index >= 15 is 0 Å². The van der Waals surface area contributed by atoms with Crippen molar-refractivity contribution in [3.63, 3.8) is 0 Å². The first-order chi connectivity index (χ1) is 13.4. The second kappa shape index (κ2) is 7.68. The fourth-order valence-corrected chi connectivity index (χ4v) is 5.46. The average Bonchev–Trinajstić information content (AvgIpc) is 3.02. The van der Waals surface area contributed by atoms with Crippen LogP contribution < -0.4 is 10.9 Å². The number of hydrogen-bond acceptors (Lipinski definition) is 4. The van der Waals surface area contributed by atoms with Crippen molar-refractivity contribution in [3.05, 3.63) is 62.0 Å². The molecule has 0 bridgehead atoms. The smallest absolute Gasteiger partial charge is 0.262 e. The molecule has 0 unspecified atom stereocenters. The third-order valence-electron chi connectivity index (χ3n) is 5.35. The summed E-state index contributed by atoms with van der Waals surface area (Å²) in [7, 11) is 0. The van der Waals surface area contributed by atoms with Crippen LogP contribution in [0.3, 0.4) is 0 Å². The number of amides is 1. The summed E-state index contributed by atoms with van der Waals surface area (Å²) in [4.78, 5) is 32.1. The van der Waals surface area contributed by atoms with Gasteiger partial charge in [0.05, 0.1) is 17.8 Å². The maximum absolute atomic E-state index is 13.0. The molecule has 0 saturated heterocycles. The van der Waals surface area contributed by atoms with Crippen molar-refractivity contribution in [3.8, 4) is 0 Å². The highest BCUT2D eigenvalue weighted by molar-refractivity contribution is 7.18. The lowest BCUT2D eigenvalue weighted by Gasteiger charge is -2.17. The van der Waals surface area contributed by atoms with E-state index < -0.39 is 0 Å². The van der Waals surface area contributed by atoms with E-state index in [-0.39, 0.29) is 24.1 Å². The molecule has 4 rings (SSSR count). The number of benzene rings is 1. The van der Waals surface area contributed by atoms with Crippen LogP contribution in [-0.2, 0) is 24.2 Å². The predicted molar refractivity (Wildman–Crippen MR) is 113 cm³/mol. The zero-order valence-electron chi connectivity index (χ0n) is 15.9. The molecule has 3 aromatic rings. The first-order valence-electron chi connectivity index (χ1n) is 9.47. The number of halogens is 1. The molecular formula is C21H22ClN3O2S. The third-order valence-corrected chi connectivity index (χ3v) is 6.85. The van der Waals surface area contributed by atoms with Crippen molar-refractivity contribution < 1.29 is 4.79 Å². The Kier molecular flexibility index (Phi) is 5.25. The van der Waals surface area contributed by atoms with Crippen molar-refractivity contribution in [2.75, 3.05) is 0 Å². The summed E-state index contributed by atoms with van der Waals surface area (Å²) in [6.07, 6.45) is 4.48. The second-order valence-corrected chi connectivity index (χ2v) is 9.01. The van der Waals surface area contributed by atoms with Crippen LogP contribution in [-0.4, -0.2) is 15.5 Å². The normalized spacial score (nSPS) is 17.3. The van der Waals surface area contributed by atoms with E-state index in [9.17, 15) is 9.59 Å². The van der Waals surface area contributed by atoms with Gasteiger partial charge in [-0.2, -0.15) is 0 Å². The van der Waals surface area contributed by atoms with Gasteiger partial charge in [-0.1, -0.05) is 36.7 Å². The summed E-state index contributed by atoms with van der Waals surface area (Å²) >= 11 is 7.82. The van der Waals surface area contributed by atoms with Gasteiger partial charge in [-0.25, -0.2) is 4.98 Å². The van der Waals surface area contributed by atoms with Crippen molar-refractivity contribution in [1.29, 1.82) is 0 Å². The quantitative estimate of drug-likeness (QED) is 0.697. The number of carbonyl (C=O) groups is 1. The Morgan fingerprint density at radius 1 is 1.43 bits per heavy atom. The zero-order valence-corrected chi connectivity index (χ0v) is 17.4. The molecule has 2 heterocycles. The molecule has 2 atom stereocenters. The maximum atomic E-state index is 13.0. The molecule has 1 amide bonds. The van der Waals surface area contributed by atoms with Gasteiger partial charge in [-0.15, -0.1) is 11.3 Å². The lowest BCUT2D eigenvalue weighted by Crippen LogP contribution is -2.34. The molecule has 146 valence electrons. The second-order valence-electron chi connectivity index (χ2n) is 7.52. The summed E-state index contributed by atoms with van der Waals surface area (Å²) in [5, 5.41) is 4.22. The number of hydrogen-bond donors (Lipinski definition) is 1. The van der Waals surface area contributed by atoms with E-state index in [1.54, 1.807) is 17.4 Å². The first kappa shape index (κ1) is 19.2. The molecular weight excluding hydrogens is 394 g/mol. The van der Waals surface area contributed by atoms with Gasteiger partial charge in [0.15, 0.2) is 0 Å². The standard InChI is InChI=1S/C21H22ClN3O2S/c1-12-7-8-15-17(9-12)28-20-19(15)21(27)25(11-23-20)10-18(26)24-13(2)14-5-3-4-6-16(14)22/h3-6,11-13H,7-10H2,1-2H3,(H,24,26)/t12-,13-/m0/s1. The molecule has 28 heavy (non-hydrogen) atoms. The van der Waals surface area contributed by atoms with Crippen LogP contribution in [0.4, 0.5) is 0 Å². The van der Waals surface area contributed by atoms with Crippen LogP contribution in [0.2, 0.25) is 5.02 Å². The number of carbonyl (C=O) groups excluding carboxylic acids is 1. The highest BCUT2D eigenvalue weighted by atomic mass is 35.5. The summed E-state index contributed by atoms with van der Waals surface area (Å²) in [6, 6.07) is 7.16. The average molecular weight is 416 g/mol. The lowest BCUT2D eigenvalue weighted by molar-refractivity contribution is -0.122.